The van der Waals surface area contributed by atoms with Gasteiger partial charge in [0.05, 0.1) is 18.7 Å². The van der Waals surface area contributed by atoms with Crippen LogP contribution < -0.4 is 4.74 Å². The van der Waals surface area contributed by atoms with Gasteiger partial charge >= 0.3 is 0 Å². The number of ether oxygens (including phenoxy) is 1. The van der Waals surface area contributed by atoms with E-state index in [4.69, 9.17) is 4.74 Å². The van der Waals surface area contributed by atoms with Crippen molar-refractivity contribution < 1.29 is 19.4 Å². The van der Waals surface area contributed by atoms with E-state index in [1.54, 1.807) is 42.7 Å². The summed E-state index contributed by atoms with van der Waals surface area (Å²) in [6, 6.07) is 17.2. The van der Waals surface area contributed by atoms with Crippen LogP contribution in [0.3, 0.4) is 0 Å². The molecule has 6 nitrogen and oxygen atoms in total. The molecule has 1 fully saturated rings. The summed E-state index contributed by atoms with van der Waals surface area (Å²) in [4.78, 5) is 31.7. The molecule has 1 amide bonds. The molecule has 1 aliphatic rings. The van der Waals surface area contributed by atoms with Gasteiger partial charge in [-0.1, -0.05) is 54.1 Å². The lowest BCUT2D eigenvalue weighted by molar-refractivity contribution is -0.140. The van der Waals surface area contributed by atoms with Gasteiger partial charge in [-0.05, 0) is 24.6 Å². The van der Waals surface area contributed by atoms with Crippen molar-refractivity contribution in [1.82, 2.24) is 9.88 Å². The zero-order valence-electron chi connectivity index (χ0n) is 17.3. The lowest BCUT2D eigenvalue weighted by Crippen LogP contribution is -2.29. The normalized spacial score (nSPS) is 17.7. The third-order valence-electron chi connectivity index (χ3n) is 5.37. The largest absolute Gasteiger partial charge is 0.507 e. The number of aliphatic hydroxyl groups is 1. The van der Waals surface area contributed by atoms with E-state index < -0.39 is 17.7 Å². The Balaban J connectivity index is 1.90. The topological polar surface area (TPSA) is 79.7 Å². The fourth-order valence-electron chi connectivity index (χ4n) is 3.81. The first kappa shape index (κ1) is 20.3. The van der Waals surface area contributed by atoms with E-state index in [2.05, 4.69) is 4.98 Å². The molecule has 3 aromatic rings. The number of hydrogen-bond acceptors (Lipinski definition) is 5. The maximum Gasteiger partial charge on any atom is 0.295 e. The molecule has 31 heavy (non-hydrogen) atoms. The summed E-state index contributed by atoms with van der Waals surface area (Å²) in [7, 11) is 1.53. The molecule has 156 valence electrons. The molecule has 0 aliphatic carbocycles. The van der Waals surface area contributed by atoms with Gasteiger partial charge in [-0.15, -0.1) is 0 Å². The number of amides is 1. The number of hydrogen-bond donors (Lipinski definition) is 1. The Hall–Kier alpha value is -3.93. The highest BCUT2D eigenvalue weighted by atomic mass is 16.5. The highest BCUT2D eigenvalue weighted by Gasteiger charge is 2.47. The highest BCUT2D eigenvalue weighted by molar-refractivity contribution is 6.46. The molecule has 4 rings (SSSR count). The van der Waals surface area contributed by atoms with Gasteiger partial charge in [0.25, 0.3) is 11.7 Å². The molecule has 0 bridgehead atoms. The molecule has 0 spiro atoms. The van der Waals surface area contributed by atoms with Crippen LogP contribution in [0.4, 0.5) is 0 Å². The average Bonchev–Trinajstić information content (AvgIpc) is 3.04. The fraction of sp³-hybridized carbons (Fsp3) is 0.160. The maximum atomic E-state index is 13.1. The molecule has 0 saturated carbocycles. The molecule has 6 heteroatoms. The Kier molecular flexibility index (Phi) is 5.54. The van der Waals surface area contributed by atoms with Crippen molar-refractivity contribution in [3.05, 3.63) is 101 Å². The number of aryl methyl sites for hydroxylation is 1. The Bertz CT molecular complexity index is 1150. The number of methoxy groups -OCH3 is 1. The predicted molar refractivity (Wildman–Crippen MR) is 116 cm³/mol. The standard InChI is InChI=1S/C25H22N2O4/c1-16-9-11-18(12-10-16)23(28)21-22(19-7-3-4-8-20(19)31-2)27(25(30)24(21)29)15-17-6-5-13-26-14-17/h3-14,22,28H,15H2,1-2H3/b23-21-. The van der Waals surface area contributed by atoms with Crippen LogP contribution in [0.15, 0.2) is 78.6 Å². The van der Waals surface area contributed by atoms with Crippen molar-refractivity contribution in [2.45, 2.75) is 19.5 Å². The number of Topliss-reactive ketones (excluding diaryl/α,β-unsaturated/α-hetero) is 1. The summed E-state index contributed by atoms with van der Waals surface area (Å²) in [5, 5.41) is 11.1. The van der Waals surface area contributed by atoms with Crippen molar-refractivity contribution in [2.75, 3.05) is 7.11 Å². The summed E-state index contributed by atoms with van der Waals surface area (Å²) >= 11 is 0. The van der Waals surface area contributed by atoms with E-state index in [0.29, 0.717) is 16.9 Å². The Morgan fingerprint density at radius 2 is 1.81 bits per heavy atom. The van der Waals surface area contributed by atoms with Crippen molar-refractivity contribution in [3.63, 3.8) is 0 Å². The number of aromatic nitrogens is 1. The van der Waals surface area contributed by atoms with Gasteiger partial charge in [0, 0.05) is 30.1 Å². The van der Waals surface area contributed by atoms with Gasteiger partial charge in [-0.3, -0.25) is 14.6 Å². The van der Waals surface area contributed by atoms with Gasteiger partial charge < -0.3 is 14.7 Å². The molecule has 0 radical (unpaired) electrons. The summed E-state index contributed by atoms with van der Waals surface area (Å²) in [6.45, 7) is 2.11. The van der Waals surface area contributed by atoms with Crippen LogP contribution in [-0.4, -0.2) is 33.8 Å². The minimum Gasteiger partial charge on any atom is -0.507 e. The number of aliphatic hydroxyl groups excluding tert-OH is 1. The fourth-order valence-corrected chi connectivity index (χ4v) is 3.81. The second kappa shape index (κ2) is 8.44. The summed E-state index contributed by atoms with van der Waals surface area (Å²) in [5.74, 6) is -1.07. The highest BCUT2D eigenvalue weighted by Crippen LogP contribution is 2.43. The average molecular weight is 414 g/mol. The van der Waals surface area contributed by atoms with E-state index in [9.17, 15) is 14.7 Å². The van der Waals surface area contributed by atoms with Gasteiger partial charge in [0.1, 0.15) is 11.5 Å². The van der Waals surface area contributed by atoms with Gasteiger partial charge in [-0.25, -0.2) is 0 Å². The number of carbonyl (C=O) groups is 2. The molecular weight excluding hydrogens is 392 g/mol. The van der Waals surface area contributed by atoms with E-state index in [1.807, 2.05) is 37.3 Å². The number of carbonyl (C=O) groups excluding carboxylic acids is 2. The first-order valence-electron chi connectivity index (χ1n) is 9.88. The maximum absolute atomic E-state index is 13.1. The Morgan fingerprint density at radius 3 is 2.48 bits per heavy atom. The number of likely N-dealkylation sites (tertiary alicyclic amines) is 1. The molecule has 1 aromatic heterocycles. The summed E-state index contributed by atoms with van der Waals surface area (Å²) < 4.78 is 5.51. The number of benzene rings is 2. The quantitative estimate of drug-likeness (QED) is 0.388. The molecule has 1 N–H and O–H groups in total. The lowest BCUT2D eigenvalue weighted by atomic mass is 9.94. The van der Waals surface area contributed by atoms with Crippen molar-refractivity contribution in [3.8, 4) is 5.75 Å². The number of ketones is 1. The predicted octanol–water partition coefficient (Wildman–Crippen LogP) is 4.02. The summed E-state index contributed by atoms with van der Waals surface area (Å²) in [5.41, 5.74) is 2.95. The zero-order valence-corrected chi connectivity index (χ0v) is 17.3. The number of nitrogens with zero attached hydrogens (tertiary/aromatic N) is 2. The summed E-state index contributed by atoms with van der Waals surface area (Å²) in [6.07, 6.45) is 3.30. The first-order chi connectivity index (χ1) is 15.0. The van der Waals surface area contributed by atoms with Crippen LogP contribution in [0.25, 0.3) is 5.76 Å². The van der Waals surface area contributed by atoms with Crippen LogP contribution in [0.1, 0.15) is 28.3 Å². The van der Waals surface area contributed by atoms with Crippen molar-refractivity contribution in [1.29, 1.82) is 0 Å². The van der Waals surface area contributed by atoms with Crippen LogP contribution in [0.5, 0.6) is 5.75 Å². The van der Waals surface area contributed by atoms with E-state index in [1.165, 1.54) is 12.0 Å². The minimum absolute atomic E-state index is 0.0437. The number of rotatable bonds is 5. The molecule has 1 aliphatic heterocycles. The number of para-hydroxylation sites is 1. The van der Waals surface area contributed by atoms with Crippen LogP contribution in [-0.2, 0) is 16.1 Å². The zero-order chi connectivity index (χ0) is 22.0. The number of pyridine rings is 1. The second-order valence-electron chi connectivity index (χ2n) is 7.40. The van der Waals surface area contributed by atoms with Crippen molar-refractivity contribution >= 4 is 17.4 Å². The van der Waals surface area contributed by atoms with Gasteiger partial charge in [-0.2, -0.15) is 0 Å². The van der Waals surface area contributed by atoms with Crippen LogP contribution in [0.2, 0.25) is 0 Å². The second-order valence-corrected chi connectivity index (χ2v) is 7.40. The minimum atomic E-state index is -0.794. The van der Waals surface area contributed by atoms with E-state index >= 15 is 0 Å². The Labute approximate surface area is 180 Å². The molecule has 1 unspecified atom stereocenters. The third-order valence-corrected chi connectivity index (χ3v) is 5.37. The molecule has 2 heterocycles. The molecule has 1 saturated heterocycles. The third kappa shape index (κ3) is 3.80. The van der Waals surface area contributed by atoms with Gasteiger partial charge in [0.2, 0.25) is 0 Å². The van der Waals surface area contributed by atoms with Gasteiger partial charge in [0.15, 0.2) is 0 Å². The first-order valence-corrected chi connectivity index (χ1v) is 9.88. The Morgan fingerprint density at radius 1 is 1.06 bits per heavy atom. The molecule has 1 atom stereocenters. The SMILES string of the molecule is COc1ccccc1C1/C(=C(/O)c2ccc(C)cc2)C(=O)C(=O)N1Cc1cccnc1. The molecule has 2 aromatic carbocycles. The lowest BCUT2D eigenvalue weighted by Gasteiger charge is -2.26. The monoisotopic (exact) mass is 414 g/mol. The van der Waals surface area contributed by atoms with Crippen LogP contribution >= 0.6 is 0 Å². The van der Waals surface area contributed by atoms with E-state index in [0.717, 1.165) is 11.1 Å². The van der Waals surface area contributed by atoms with Crippen molar-refractivity contribution in [2.24, 2.45) is 0 Å². The van der Waals surface area contributed by atoms with E-state index in [-0.39, 0.29) is 17.9 Å². The van der Waals surface area contributed by atoms with Crippen LogP contribution in [0, 0.1) is 6.92 Å². The smallest absolute Gasteiger partial charge is 0.295 e. The molecular formula is C25H22N2O4.